The molecule has 0 saturated carbocycles. The predicted octanol–water partition coefficient (Wildman–Crippen LogP) is 6.06. The van der Waals surface area contributed by atoms with Crippen molar-refractivity contribution in [2.45, 2.75) is 50.9 Å². The smallest absolute Gasteiger partial charge is 0.251 e. The molecule has 5 rings (SSSR count). The van der Waals surface area contributed by atoms with Crippen molar-refractivity contribution in [2.75, 3.05) is 26.2 Å². The first kappa shape index (κ1) is 25.4. The molecule has 0 bridgehead atoms. The summed E-state index contributed by atoms with van der Waals surface area (Å²) in [4.78, 5) is 28.4. The zero-order valence-corrected chi connectivity index (χ0v) is 21.7. The number of hydrogen-bond donors (Lipinski definition) is 1. The number of rotatable bonds is 9. The number of nitrogens with zero attached hydrogens (tertiary/aromatic N) is 1. The number of benzene rings is 3. The van der Waals surface area contributed by atoms with Crippen LogP contribution >= 0.6 is 0 Å². The minimum Gasteiger partial charge on any atom is -0.352 e. The zero-order chi connectivity index (χ0) is 25.5. The summed E-state index contributed by atoms with van der Waals surface area (Å²) >= 11 is 0. The topological polar surface area (TPSA) is 49.4 Å². The highest BCUT2D eigenvalue weighted by Crippen LogP contribution is 2.31. The lowest BCUT2D eigenvalue weighted by Gasteiger charge is -2.33. The van der Waals surface area contributed by atoms with Crippen molar-refractivity contribution in [3.63, 3.8) is 0 Å². The second-order valence-electron chi connectivity index (χ2n) is 10.6. The van der Waals surface area contributed by atoms with Crippen LogP contribution < -0.4 is 5.32 Å². The fourth-order valence-corrected chi connectivity index (χ4v) is 5.93. The highest BCUT2D eigenvalue weighted by Gasteiger charge is 2.29. The maximum absolute atomic E-state index is 13.2. The first-order valence-electron chi connectivity index (χ1n) is 13.9. The molecule has 4 nitrogen and oxygen atoms in total. The van der Waals surface area contributed by atoms with E-state index in [1.54, 1.807) is 0 Å². The van der Waals surface area contributed by atoms with Crippen LogP contribution in [0.2, 0.25) is 0 Å². The lowest BCUT2D eigenvalue weighted by atomic mass is 9.80. The van der Waals surface area contributed by atoms with Crippen molar-refractivity contribution in [1.82, 2.24) is 10.2 Å². The minimum atomic E-state index is -0.0515. The van der Waals surface area contributed by atoms with Gasteiger partial charge >= 0.3 is 0 Å². The van der Waals surface area contributed by atoms with E-state index in [2.05, 4.69) is 52.7 Å². The van der Waals surface area contributed by atoms with E-state index < -0.39 is 0 Å². The molecular formula is C33H38N2O2. The minimum absolute atomic E-state index is 0.0515. The Morgan fingerprint density at radius 1 is 0.892 bits per heavy atom. The zero-order valence-electron chi connectivity index (χ0n) is 21.7. The first-order valence-corrected chi connectivity index (χ1v) is 13.9. The number of hydrogen-bond acceptors (Lipinski definition) is 3. The Bertz CT molecular complexity index is 1180. The Labute approximate surface area is 221 Å². The molecular weight excluding hydrogens is 456 g/mol. The third-order valence-electron chi connectivity index (χ3n) is 8.19. The van der Waals surface area contributed by atoms with Gasteiger partial charge in [0.1, 0.15) is 0 Å². The molecule has 1 heterocycles. The number of likely N-dealkylation sites (tertiary alicyclic amines) is 1. The number of piperidine rings is 1. The molecule has 37 heavy (non-hydrogen) atoms. The molecule has 1 amide bonds. The Balaban J connectivity index is 1.07. The van der Waals surface area contributed by atoms with E-state index in [4.69, 9.17) is 0 Å². The van der Waals surface area contributed by atoms with E-state index in [9.17, 15) is 9.59 Å². The fourth-order valence-electron chi connectivity index (χ4n) is 5.93. The summed E-state index contributed by atoms with van der Waals surface area (Å²) in [6.07, 6.45) is 6.94. The van der Waals surface area contributed by atoms with Gasteiger partial charge < -0.3 is 10.2 Å². The van der Waals surface area contributed by atoms with Gasteiger partial charge in [-0.05, 0) is 99.3 Å². The van der Waals surface area contributed by atoms with Gasteiger partial charge in [0.25, 0.3) is 5.91 Å². The number of carbonyl (C=O) groups is 2. The van der Waals surface area contributed by atoms with Gasteiger partial charge in [-0.1, -0.05) is 66.7 Å². The molecule has 1 unspecified atom stereocenters. The van der Waals surface area contributed by atoms with E-state index in [0.717, 1.165) is 62.9 Å². The number of nitrogens with one attached hydrogen (secondary N) is 1. The average molecular weight is 495 g/mol. The highest BCUT2D eigenvalue weighted by atomic mass is 16.1. The normalized spacial score (nSPS) is 18.4. The van der Waals surface area contributed by atoms with Crippen LogP contribution in [0.5, 0.6) is 0 Å². The van der Waals surface area contributed by atoms with Gasteiger partial charge in [-0.3, -0.25) is 9.59 Å². The van der Waals surface area contributed by atoms with Crippen LogP contribution in [0.1, 0.15) is 75.4 Å². The van der Waals surface area contributed by atoms with Crippen LogP contribution in [-0.4, -0.2) is 42.8 Å². The van der Waals surface area contributed by atoms with Crippen molar-refractivity contribution < 1.29 is 9.59 Å². The first-order chi connectivity index (χ1) is 18.2. The molecule has 1 atom stereocenters. The Kier molecular flexibility index (Phi) is 8.47. The van der Waals surface area contributed by atoms with Crippen LogP contribution in [0.3, 0.4) is 0 Å². The maximum atomic E-state index is 13.2. The van der Waals surface area contributed by atoms with E-state index >= 15 is 0 Å². The monoisotopic (exact) mass is 494 g/mol. The van der Waals surface area contributed by atoms with Crippen LogP contribution in [0, 0.1) is 5.92 Å². The van der Waals surface area contributed by atoms with Crippen LogP contribution in [0.15, 0.2) is 78.9 Å². The quantitative estimate of drug-likeness (QED) is 0.368. The molecule has 0 aromatic heterocycles. The van der Waals surface area contributed by atoms with Crippen molar-refractivity contribution in [2.24, 2.45) is 5.92 Å². The Morgan fingerprint density at radius 3 is 2.38 bits per heavy atom. The molecule has 192 valence electrons. The van der Waals surface area contributed by atoms with Crippen LogP contribution in [0.4, 0.5) is 0 Å². The third-order valence-corrected chi connectivity index (χ3v) is 8.19. The van der Waals surface area contributed by atoms with Gasteiger partial charge in [-0.25, -0.2) is 0 Å². The second-order valence-corrected chi connectivity index (χ2v) is 10.6. The van der Waals surface area contributed by atoms with Gasteiger partial charge in [-0.15, -0.1) is 0 Å². The summed E-state index contributed by atoms with van der Waals surface area (Å²) in [5.74, 6) is 0.965. The second kappa shape index (κ2) is 12.3. The lowest BCUT2D eigenvalue weighted by Crippen LogP contribution is -2.35. The van der Waals surface area contributed by atoms with E-state index in [0.29, 0.717) is 18.0 Å². The molecule has 1 fully saturated rings. The number of aryl methyl sites for hydroxylation is 2. The van der Waals surface area contributed by atoms with Crippen molar-refractivity contribution >= 4 is 11.7 Å². The van der Waals surface area contributed by atoms with Crippen molar-refractivity contribution in [1.29, 1.82) is 0 Å². The number of ketones is 1. The summed E-state index contributed by atoms with van der Waals surface area (Å²) in [6, 6.07) is 26.8. The van der Waals surface area contributed by atoms with Crippen molar-refractivity contribution in [3.05, 3.63) is 107 Å². The number of carbonyl (C=O) groups excluding carboxylic acids is 2. The summed E-state index contributed by atoms with van der Waals surface area (Å²) in [5.41, 5.74) is 5.25. The Morgan fingerprint density at radius 2 is 1.62 bits per heavy atom. The molecule has 1 aliphatic heterocycles. The molecule has 1 N–H and O–H groups in total. The van der Waals surface area contributed by atoms with Gasteiger partial charge in [0.15, 0.2) is 5.78 Å². The largest absolute Gasteiger partial charge is 0.352 e. The standard InChI is InChI=1S/C33H38N2O2/c36-32-28(19-23-35-21-17-27(18-22-35)26-11-5-2-6-12-26)13-14-29-24-30(15-16-31(29)32)33(37)34-20-7-10-25-8-3-1-4-9-25/h1-6,8-9,11-12,15-16,24,27-28H,7,10,13-14,17-23H2,(H,34,37). The summed E-state index contributed by atoms with van der Waals surface area (Å²) in [5, 5.41) is 3.04. The third kappa shape index (κ3) is 6.56. The molecule has 4 heteroatoms. The SMILES string of the molecule is O=C(NCCCc1ccccc1)c1ccc2c(c1)CCC(CCN1CCC(c3ccccc3)CC1)C2=O. The maximum Gasteiger partial charge on any atom is 0.251 e. The molecule has 0 spiro atoms. The summed E-state index contributed by atoms with van der Waals surface area (Å²) < 4.78 is 0. The molecule has 3 aromatic carbocycles. The van der Waals surface area contributed by atoms with Gasteiger partial charge in [0.2, 0.25) is 0 Å². The fraction of sp³-hybridized carbons (Fsp3) is 0.394. The van der Waals surface area contributed by atoms with Gasteiger partial charge in [-0.2, -0.15) is 0 Å². The van der Waals surface area contributed by atoms with Crippen molar-refractivity contribution in [3.8, 4) is 0 Å². The molecule has 0 radical (unpaired) electrons. The van der Waals surface area contributed by atoms with Gasteiger partial charge in [0, 0.05) is 23.6 Å². The summed E-state index contributed by atoms with van der Waals surface area (Å²) in [6.45, 7) is 3.87. The van der Waals surface area contributed by atoms with Crippen LogP contribution in [-0.2, 0) is 12.8 Å². The van der Waals surface area contributed by atoms with E-state index in [1.165, 1.54) is 24.0 Å². The van der Waals surface area contributed by atoms with Gasteiger partial charge in [0.05, 0.1) is 0 Å². The lowest BCUT2D eigenvalue weighted by molar-refractivity contribution is 0.0875. The predicted molar refractivity (Wildman–Crippen MR) is 149 cm³/mol. The number of amides is 1. The van der Waals surface area contributed by atoms with Crippen LogP contribution in [0.25, 0.3) is 0 Å². The van der Waals surface area contributed by atoms with E-state index in [-0.39, 0.29) is 17.6 Å². The summed E-state index contributed by atoms with van der Waals surface area (Å²) in [7, 11) is 0. The molecule has 1 aliphatic carbocycles. The Hall–Kier alpha value is -3.24. The number of Topliss-reactive ketones (excluding diaryl/α,β-unsaturated/α-hetero) is 1. The number of fused-ring (bicyclic) bond motifs is 1. The van der Waals surface area contributed by atoms with E-state index in [1.807, 2.05) is 36.4 Å². The molecule has 3 aromatic rings. The highest BCUT2D eigenvalue weighted by molar-refractivity contribution is 6.02. The average Bonchev–Trinajstić information content (AvgIpc) is 2.96. The molecule has 1 saturated heterocycles. The molecule has 2 aliphatic rings.